The number of hydrogen-bond donors (Lipinski definition) is 1. The van der Waals surface area contributed by atoms with Crippen LogP contribution in [0, 0.1) is 13.8 Å². The van der Waals surface area contributed by atoms with E-state index in [9.17, 15) is 0 Å². The van der Waals surface area contributed by atoms with E-state index in [1.54, 1.807) is 7.11 Å². The zero-order valence-electron chi connectivity index (χ0n) is 11.7. The van der Waals surface area contributed by atoms with Gasteiger partial charge in [0.15, 0.2) is 0 Å². The predicted octanol–water partition coefficient (Wildman–Crippen LogP) is 1.86. The molecule has 4 nitrogen and oxygen atoms in total. The maximum atomic E-state index is 5.00. The van der Waals surface area contributed by atoms with Crippen molar-refractivity contribution in [2.45, 2.75) is 40.2 Å². The van der Waals surface area contributed by atoms with Gasteiger partial charge in [0.25, 0.3) is 0 Å². The maximum absolute atomic E-state index is 5.00. The average molecular weight is 239 g/mol. The third-order valence-electron chi connectivity index (χ3n) is 3.00. The largest absolute Gasteiger partial charge is 0.383 e. The monoisotopic (exact) mass is 239 g/mol. The van der Waals surface area contributed by atoms with Crippen molar-refractivity contribution >= 4 is 0 Å². The number of nitrogens with one attached hydrogen (secondary N) is 1. The van der Waals surface area contributed by atoms with Crippen LogP contribution in [0.15, 0.2) is 0 Å². The lowest BCUT2D eigenvalue weighted by atomic mass is 10.1. The predicted molar refractivity (Wildman–Crippen MR) is 70.5 cm³/mol. The van der Waals surface area contributed by atoms with Crippen LogP contribution in [0.3, 0.4) is 0 Å². The summed E-state index contributed by atoms with van der Waals surface area (Å²) >= 11 is 0. The zero-order valence-corrected chi connectivity index (χ0v) is 11.7. The van der Waals surface area contributed by atoms with Crippen LogP contribution in [0.4, 0.5) is 0 Å². The summed E-state index contributed by atoms with van der Waals surface area (Å²) < 4.78 is 7.11. The van der Waals surface area contributed by atoms with Crippen LogP contribution < -0.4 is 5.32 Å². The van der Waals surface area contributed by atoms with Crippen LogP contribution in [0.25, 0.3) is 0 Å². The Morgan fingerprint density at radius 1 is 1.29 bits per heavy atom. The van der Waals surface area contributed by atoms with Crippen LogP contribution in [0.2, 0.25) is 0 Å². The van der Waals surface area contributed by atoms with Crippen molar-refractivity contribution in [3.05, 3.63) is 17.0 Å². The molecule has 0 spiro atoms. The summed E-state index contributed by atoms with van der Waals surface area (Å²) in [5.74, 6) is 0. The van der Waals surface area contributed by atoms with E-state index in [0.29, 0.717) is 6.04 Å². The smallest absolute Gasteiger partial charge is 0.0629 e. The summed E-state index contributed by atoms with van der Waals surface area (Å²) in [6.45, 7) is 11.2. The molecule has 0 unspecified atom stereocenters. The fourth-order valence-electron chi connectivity index (χ4n) is 2.07. The highest BCUT2D eigenvalue weighted by Gasteiger charge is 2.12. The van der Waals surface area contributed by atoms with Crippen LogP contribution in [0.1, 0.15) is 36.8 Å². The number of methoxy groups -OCH3 is 1. The molecule has 0 fully saturated rings. The molecule has 1 heterocycles. The van der Waals surface area contributed by atoms with Crippen LogP contribution in [-0.2, 0) is 11.2 Å². The summed E-state index contributed by atoms with van der Waals surface area (Å²) in [6.07, 6.45) is 1.04. The van der Waals surface area contributed by atoms with Gasteiger partial charge in [-0.25, -0.2) is 0 Å². The van der Waals surface area contributed by atoms with Crippen molar-refractivity contribution in [1.29, 1.82) is 0 Å². The van der Waals surface area contributed by atoms with Gasteiger partial charge in [-0.15, -0.1) is 0 Å². The van der Waals surface area contributed by atoms with Gasteiger partial charge in [-0.2, -0.15) is 5.10 Å². The molecule has 1 aromatic heterocycles. The molecule has 0 saturated carbocycles. The molecule has 0 atom stereocenters. The molecule has 1 aromatic rings. The standard InChI is InChI=1S/C13H25N3O/c1-10(2)16-12(4)13(11(3)15-16)6-7-14-8-9-17-5/h10,14H,6-9H2,1-5H3. The van der Waals surface area contributed by atoms with Gasteiger partial charge in [0.2, 0.25) is 0 Å². The van der Waals surface area contributed by atoms with Gasteiger partial charge in [-0.3, -0.25) is 4.68 Å². The van der Waals surface area contributed by atoms with Gasteiger partial charge < -0.3 is 10.1 Å². The maximum Gasteiger partial charge on any atom is 0.0629 e. The quantitative estimate of drug-likeness (QED) is 0.738. The molecule has 0 amide bonds. The molecule has 0 aromatic carbocycles. The first-order valence-corrected chi connectivity index (χ1v) is 6.32. The normalized spacial score (nSPS) is 11.4. The van der Waals surface area contributed by atoms with Gasteiger partial charge in [-0.1, -0.05) is 0 Å². The Hall–Kier alpha value is -0.870. The van der Waals surface area contributed by atoms with E-state index in [-0.39, 0.29) is 0 Å². The topological polar surface area (TPSA) is 39.1 Å². The number of nitrogens with zero attached hydrogens (tertiary/aromatic N) is 2. The van der Waals surface area contributed by atoms with E-state index < -0.39 is 0 Å². The minimum atomic E-state index is 0.434. The van der Waals surface area contributed by atoms with Crippen molar-refractivity contribution in [3.8, 4) is 0 Å². The lowest BCUT2D eigenvalue weighted by Gasteiger charge is -2.09. The molecule has 4 heteroatoms. The molecule has 1 N–H and O–H groups in total. The lowest BCUT2D eigenvalue weighted by Crippen LogP contribution is -2.22. The number of hydrogen-bond acceptors (Lipinski definition) is 3. The SMILES string of the molecule is COCCNCCc1c(C)nn(C(C)C)c1C. The Kier molecular flexibility index (Phi) is 5.65. The Morgan fingerprint density at radius 3 is 2.53 bits per heavy atom. The van der Waals surface area contributed by atoms with Crippen molar-refractivity contribution < 1.29 is 4.74 Å². The third-order valence-corrected chi connectivity index (χ3v) is 3.00. The summed E-state index contributed by atoms with van der Waals surface area (Å²) in [6, 6.07) is 0.434. The number of aromatic nitrogens is 2. The number of ether oxygens (including phenoxy) is 1. The molecule has 0 saturated heterocycles. The highest BCUT2D eigenvalue weighted by atomic mass is 16.5. The Balaban J connectivity index is 2.53. The van der Waals surface area contributed by atoms with Crippen LogP contribution >= 0.6 is 0 Å². The average Bonchev–Trinajstić information content (AvgIpc) is 2.56. The Morgan fingerprint density at radius 2 is 2.00 bits per heavy atom. The summed E-state index contributed by atoms with van der Waals surface area (Å²) in [4.78, 5) is 0. The number of rotatable bonds is 7. The molecule has 0 aliphatic rings. The summed E-state index contributed by atoms with van der Waals surface area (Å²) in [7, 11) is 1.72. The first kappa shape index (κ1) is 14.2. The second kappa shape index (κ2) is 6.77. The lowest BCUT2D eigenvalue weighted by molar-refractivity contribution is 0.199. The highest BCUT2D eigenvalue weighted by molar-refractivity contribution is 5.25. The van der Waals surface area contributed by atoms with Crippen molar-refractivity contribution in [1.82, 2.24) is 15.1 Å². The van der Waals surface area contributed by atoms with E-state index in [0.717, 1.165) is 31.8 Å². The Labute approximate surface area is 104 Å². The van der Waals surface area contributed by atoms with E-state index in [2.05, 4.69) is 42.8 Å². The molecule has 17 heavy (non-hydrogen) atoms. The van der Waals surface area contributed by atoms with Crippen LogP contribution in [-0.4, -0.2) is 36.6 Å². The highest BCUT2D eigenvalue weighted by Crippen LogP contribution is 2.17. The molecule has 98 valence electrons. The zero-order chi connectivity index (χ0) is 12.8. The first-order valence-electron chi connectivity index (χ1n) is 6.32. The third kappa shape index (κ3) is 3.82. The Bertz CT molecular complexity index is 345. The second-order valence-electron chi connectivity index (χ2n) is 4.68. The van der Waals surface area contributed by atoms with E-state index in [1.807, 2.05) is 0 Å². The van der Waals surface area contributed by atoms with Gasteiger partial charge in [-0.05, 0) is 46.2 Å². The van der Waals surface area contributed by atoms with E-state index in [4.69, 9.17) is 4.74 Å². The van der Waals surface area contributed by atoms with Gasteiger partial charge in [0, 0.05) is 25.4 Å². The minimum Gasteiger partial charge on any atom is -0.383 e. The fourth-order valence-corrected chi connectivity index (χ4v) is 2.07. The summed E-state index contributed by atoms with van der Waals surface area (Å²) in [5.41, 5.74) is 3.83. The molecule has 0 aliphatic carbocycles. The van der Waals surface area contributed by atoms with Crippen molar-refractivity contribution in [3.63, 3.8) is 0 Å². The van der Waals surface area contributed by atoms with Crippen LogP contribution in [0.5, 0.6) is 0 Å². The molecule has 0 aliphatic heterocycles. The number of aryl methyl sites for hydroxylation is 1. The molecular formula is C13H25N3O. The minimum absolute atomic E-state index is 0.434. The van der Waals surface area contributed by atoms with Gasteiger partial charge in [0.05, 0.1) is 12.3 Å². The summed E-state index contributed by atoms with van der Waals surface area (Å²) in [5, 5.41) is 7.95. The van der Waals surface area contributed by atoms with Crippen molar-refractivity contribution in [2.75, 3.05) is 26.8 Å². The fraction of sp³-hybridized carbons (Fsp3) is 0.769. The first-order chi connectivity index (χ1) is 8.07. The molecular weight excluding hydrogens is 214 g/mol. The van der Waals surface area contributed by atoms with Gasteiger partial charge in [0.1, 0.15) is 0 Å². The second-order valence-corrected chi connectivity index (χ2v) is 4.68. The van der Waals surface area contributed by atoms with E-state index in [1.165, 1.54) is 11.3 Å². The van der Waals surface area contributed by atoms with E-state index >= 15 is 0 Å². The molecule has 1 rings (SSSR count). The van der Waals surface area contributed by atoms with Gasteiger partial charge >= 0.3 is 0 Å². The molecule has 0 radical (unpaired) electrons. The van der Waals surface area contributed by atoms with Crippen molar-refractivity contribution in [2.24, 2.45) is 0 Å². The molecule has 0 bridgehead atoms.